The van der Waals surface area contributed by atoms with Gasteiger partial charge < -0.3 is 9.84 Å². The van der Waals surface area contributed by atoms with E-state index in [0.29, 0.717) is 0 Å². The summed E-state index contributed by atoms with van der Waals surface area (Å²) in [5.41, 5.74) is -1.22. The number of hydrogen-bond acceptors (Lipinski definition) is 5. The van der Waals surface area contributed by atoms with Crippen molar-refractivity contribution < 1.29 is 14.6 Å². The second-order valence-corrected chi connectivity index (χ2v) is 7.18. The monoisotopic (exact) mass is 468 g/mol. The molecule has 2 rings (SSSR count). The molecule has 11 heteroatoms. The smallest absolute Gasteiger partial charge is 0.271 e. The van der Waals surface area contributed by atoms with Crippen molar-refractivity contribution >= 4 is 63.8 Å². The zero-order valence-electron chi connectivity index (χ0n) is 13.7. The predicted molar refractivity (Wildman–Crippen MR) is 104 cm³/mol. The van der Waals surface area contributed by atoms with Gasteiger partial charge in [0, 0.05) is 7.05 Å². The SMILES string of the molecule is Cc1c(C(=O)COc2c(Cl)c(Cl)c(Cl)c(Cl)c2Cl)c(O)n(C)c(=O)c1C#N. The van der Waals surface area contributed by atoms with Gasteiger partial charge in [-0.25, -0.2) is 0 Å². The number of pyridine rings is 1. The third kappa shape index (κ3) is 3.71. The molecule has 0 amide bonds. The number of rotatable bonds is 4. The summed E-state index contributed by atoms with van der Waals surface area (Å²) in [6.07, 6.45) is 0. The highest BCUT2D eigenvalue weighted by molar-refractivity contribution is 6.55. The van der Waals surface area contributed by atoms with E-state index in [1.54, 1.807) is 6.07 Å². The number of aromatic hydroxyl groups is 1. The van der Waals surface area contributed by atoms with Gasteiger partial charge >= 0.3 is 0 Å². The lowest BCUT2D eigenvalue weighted by Gasteiger charge is -2.15. The number of benzene rings is 1. The van der Waals surface area contributed by atoms with E-state index < -0.39 is 23.8 Å². The third-order valence-corrected chi connectivity index (χ3v) is 5.96. The van der Waals surface area contributed by atoms with Crippen LogP contribution in [0.15, 0.2) is 4.79 Å². The average molecular weight is 471 g/mol. The van der Waals surface area contributed by atoms with E-state index in [1.165, 1.54) is 14.0 Å². The molecule has 142 valence electrons. The van der Waals surface area contributed by atoms with Gasteiger partial charge in [-0.3, -0.25) is 14.2 Å². The summed E-state index contributed by atoms with van der Waals surface area (Å²) in [6, 6.07) is 1.71. The van der Waals surface area contributed by atoms with Gasteiger partial charge in [-0.15, -0.1) is 0 Å². The molecule has 0 bridgehead atoms. The standard InChI is InChI=1S/C16H9Cl5N2O4/c1-5-6(3-22)15(25)23(2)16(26)8(5)7(24)4-27-14-12(20)10(18)9(17)11(19)13(14)21/h26H,4H2,1-2H3. The zero-order valence-corrected chi connectivity index (χ0v) is 17.4. The van der Waals surface area contributed by atoms with Crippen molar-refractivity contribution in [3.8, 4) is 17.7 Å². The number of ether oxygens (including phenoxy) is 1. The number of ketones is 1. The number of halogens is 5. The Bertz CT molecular complexity index is 1040. The molecule has 0 fully saturated rings. The summed E-state index contributed by atoms with van der Waals surface area (Å²) < 4.78 is 6.12. The number of aromatic nitrogens is 1. The third-order valence-electron chi connectivity index (χ3n) is 3.72. The summed E-state index contributed by atoms with van der Waals surface area (Å²) in [5, 5.41) is 18.7. The molecule has 0 spiro atoms. The molecule has 0 atom stereocenters. The molecule has 1 N–H and O–H groups in total. The molecule has 6 nitrogen and oxygen atoms in total. The second kappa shape index (κ2) is 8.17. The molecule has 0 unspecified atom stereocenters. The highest BCUT2D eigenvalue weighted by Crippen LogP contribution is 2.48. The quantitative estimate of drug-likeness (QED) is 0.394. The van der Waals surface area contributed by atoms with E-state index >= 15 is 0 Å². The molecule has 2 aromatic rings. The van der Waals surface area contributed by atoms with Gasteiger partial charge in [-0.1, -0.05) is 58.0 Å². The maximum absolute atomic E-state index is 12.6. The van der Waals surface area contributed by atoms with Crippen molar-refractivity contribution in [3.05, 3.63) is 52.2 Å². The van der Waals surface area contributed by atoms with E-state index in [9.17, 15) is 14.7 Å². The van der Waals surface area contributed by atoms with Gasteiger partial charge in [-0.05, 0) is 12.5 Å². The molecule has 27 heavy (non-hydrogen) atoms. The van der Waals surface area contributed by atoms with Gasteiger partial charge in [0.2, 0.25) is 11.7 Å². The molecule has 0 saturated heterocycles. The Hall–Kier alpha value is -1.62. The summed E-state index contributed by atoms with van der Waals surface area (Å²) in [4.78, 5) is 24.5. The van der Waals surface area contributed by atoms with E-state index in [1.807, 2.05) is 0 Å². The number of nitriles is 1. The Morgan fingerprint density at radius 3 is 2.07 bits per heavy atom. The lowest BCUT2D eigenvalue weighted by molar-refractivity contribution is 0.0916. The second-order valence-electron chi connectivity index (χ2n) is 5.29. The fraction of sp³-hybridized carbons (Fsp3) is 0.188. The molecule has 1 heterocycles. The molecule has 0 radical (unpaired) electrons. The van der Waals surface area contributed by atoms with Crippen LogP contribution in [-0.2, 0) is 7.05 Å². The van der Waals surface area contributed by atoms with Crippen LogP contribution in [0.2, 0.25) is 25.1 Å². The maximum Gasteiger partial charge on any atom is 0.271 e. The van der Waals surface area contributed by atoms with Crippen molar-refractivity contribution in [2.24, 2.45) is 7.05 Å². The summed E-state index contributed by atoms with van der Waals surface area (Å²) in [7, 11) is 1.22. The van der Waals surface area contributed by atoms with E-state index in [2.05, 4.69) is 0 Å². The minimum Gasteiger partial charge on any atom is -0.494 e. The van der Waals surface area contributed by atoms with Crippen molar-refractivity contribution in [2.75, 3.05) is 6.61 Å². The summed E-state index contributed by atoms with van der Waals surface area (Å²) in [6.45, 7) is 0.730. The number of carbonyl (C=O) groups is 1. The van der Waals surface area contributed by atoms with Crippen LogP contribution >= 0.6 is 58.0 Å². The zero-order chi connectivity index (χ0) is 20.6. The van der Waals surface area contributed by atoms with Crippen molar-refractivity contribution in [1.82, 2.24) is 4.57 Å². The molecule has 1 aromatic carbocycles. The van der Waals surface area contributed by atoms with Crippen molar-refractivity contribution in [3.63, 3.8) is 0 Å². The summed E-state index contributed by atoms with van der Waals surface area (Å²) in [5.74, 6) is -1.51. The molecule has 1 aromatic heterocycles. The van der Waals surface area contributed by atoms with Crippen LogP contribution < -0.4 is 10.3 Å². The van der Waals surface area contributed by atoms with Crippen LogP contribution in [0.5, 0.6) is 11.6 Å². The first-order chi connectivity index (χ1) is 12.5. The van der Waals surface area contributed by atoms with Crippen molar-refractivity contribution in [2.45, 2.75) is 6.92 Å². The maximum atomic E-state index is 12.6. The van der Waals surface area contributed by atoms with Crippen LogP contribution in [0.1, 0.15) is 21.5 Å². The van der Waals surface area contributed by atoms with Crippen LogP contribution in [-0.4, -0.2) is 22.1 Å². The van der Waals surface area contributed by atoms with Crippen LogP contribution in [0.4, 0.5) is 0 Å². The van der Waals surface area contributed by atoms with Gasteiger partial charge in [0.15, 0.2) is 12.4 Å². The molecule has 0 aliphatic carbocycles. The number of nitrogens with zero attached hydrogens (tertiary/aromatic N) is 2. The van der Waals surface area contributed by atoms with Gasteiger partial charge in [0.1, 0.15) is 21.7 Å². The first-order valence-electron chi connectivity index (χ1n) is 7.04. The van der Waals surface area contributed by atoms with E-state index in [-0.39, 0.29) is 47.6 Å². The van der Waals surface area contributed by atoms with Gasteiger partial charge in [0.05, 0.1) is 20.6 Å². The average Bonchev–Trinajstić information content (AvgIpc) is 2.63. The van der Waals surface area contributed by atoms with E-state index in [0.717, 1.165) is 4.57 Å². The van der Waals surface area contributed by atoms with Gasteiger partial charge in [-0.2, -0.15) is 5.26 Å². The number of Topliss-reactive ketones (excluding diaryl/α,β-unsaturated/α-hetero) is 1. The Morgan fingerprint density at radius 1 is 1.11 bits per heavy atom. The fourth-order valence-corrected chi connectivity index (χ4v) is 3.50. The normalized spacial score (nSPS) is 10.6. The highest BCUT2D eigenvalue weighted by Gasteiger charge is 2.25. The highest BCUT2D eigenvalue weighted by atomic mass is 35.5. The lowest BCUT2D eigenvalue weighted by Crippen LogP contribution is -2.25. The van der Waals surface area contributed by atoms with Crippen molar-refractivity contribution in [1.29, 1.82) is 5.26 Å². The first-order valence-corrected chi connectivity index (χ1v) is 8.93. The number of carbonyl (C=O) groups excluding carboxylic acids is 1. The molecule has 0 saturated carbocycles. The Kier molecular flexibility index (Phi) is 6.56. The van der Waals surface area contributed by atoms with Crippen LogP contribution in [0.3, 0.4) is 0 Å². The van der Waals surface area contributed by atoms with Crippen LogP contribution in [0.25, 0.3) is 0 Å². The Morgan fingerprint density at radius 2 is 1.59 bits per heavy atom. The number of hydrogen-bond donors (Lipinski definition) is 1. The molecule has 0 aliphatic rings. The van der Waals surface area contributed by atoms with Gasteiger partial charge in [0.25, 0.3) is 5.56 Å². The largest absolute Gasteiger partial charge is 0.494 e. The Balaban J connectivity index is 2.46. The summed E-state index contributed by atoms with van der Waals surface area (Å²) >= 11 is 29.8. The molecular formula is C16H9Cl5N2O4. The fourth-order valence-electron chi connectivity index (χ4n) is 2.27. The minimum atomic E-state index is -0.730. The topological polar surface area (TPSA) is 92.3 Å². The minimum absolute atomic E-state index is 0.0241. The van der Waals surface area contributed by atoms with E-state index in [4.69, 9.17) is 68.0 Å². The lowest BCUT2D eigenvalue weighted by atomic mass is 10.0. The molecular weight excluding hydrogens is 461 g/mol. The van der Waals surface area contributed by atoms with Crippen LogP contribution in [0, 0.1) is 18.3 Å². The Labute approximate surface area is 178 Å². The molecule has 0 aliphatic heterocycles. The first kappa shape index (κ1) is 21.7. The predicted octanol–water partition coefficient (Wildman–Crippen LogP) is 4.80.